The molecule has 3 atom stereocenters. The second-order valence-electron chi connectivity index (χ2n) is 8.97. The summed E-state index contributed by atoms with van der Waals surface area (Å²) in [6.45, 7) is 2.69. The second-order valence-corrected chi connectivity index (χ2v) is 8.97. The van der Waals surface area contributed by atoms with Crippen LogP contribution in [0.3, 0.4) is 0 Å². The number of aliphatic hydroxyl groups is 1. The Morgan fingerprint density at radius 3 is 2.50 bits per heavy atom. The van der Waals surface area contributed by atoms with Gasteiger partial charge in [-0.25, -0.2) is 0 Å². The highest BCUT2D eigenvalue weighted by atomic mass is 16.5. The first kappa shape index (κ1) is 16.4. The molecule has 3 unspecified atom stereocenters. The lowest BCUT2D eigenvalue weighted by molar-refractivity contribution is -0.197. The van der Waals surface area contributed by atoms with Crippen LogP contribution in [0.5, 0.6) is 0 Å². The Morgan fingerprint density at radius 1 is 1.17 bits per heavy atom. The highest BCUT2D eigenvalue weighted by molar-refractivity contribution is 5.83. The van der Waals surface area contributed by atoms with Crippen molar-refractivity contribution in [1.82, 2.24) is 4.90 Å². The lowest BCUT2D eigenvalue weighted by atomic mass is 9.48. The normalized spacial score (nSPS) is 43.8. The van der Waals surface area contributed by atoms with Gasteiger partial charge in [0.25, 0.3) is 5.91 Å². The van der Waals surface area contributed by atoms with Gasteiger partial charge in [0.15, 0.2) is 6.61 Å². The molecule has 134 valence electrons. The van der Waals surface area contributed by atoms with Gasteiger partial charge in [0.1, 0.15) is 0 Å². The van der Waals surface area contributed by atoms with Crippen molar-refractivity contribution in [3.8, 4) is 0 Å². The molecular formula is C19H29NO4. The first-order valence-electron chi connectivity index (χ1n) is 9.58. The predicted molar refractivity (Wildman–Crippen MR) is 88.0 cm³/mol. The number of hydrogen-bond donors (Lipinski definition) is 1. The molecule has 1 amide bonds. The second kappa shape index (κ2) is 5.72. The molecule has 0 aromatic heterocycles. The third kappa shape index (κ3) is 2.75. The highest BCUT2D eigenvalue weighted by Crippen LogP contribution is 2.61. The van der Waals surface area contributed by atoms with Gasteiger partial charge in [-0.05, 0) is 76.5 Å². The minimum atomic E-state index is -0.672. The summed E-state index contributed by atoms with van der Waals surface area (Å²) in [5, 5.41) is 10.7. The van der Waals surface area contributed by atoms with Crippen LogP contribution in [0.15, 0.2) is 0 Å². The molecule has 5 rings (SSSR count). The number of amides is 1. The molecular weight excluding hydrogens is 306 g/mol. The van der Waals surface area contributed by atoms with Crippen LogP contribution in [-0.2, 0) is 14.3 Å². The van der Waals surface area contributed by atoms with Crippen molar-refractivity contribution in [2.24, 2.45) is 17.3 Å². The predicted octanol–water partition coefficient (Wildman–Crippen LogP) is 2.26. The van der Waals surface area contributed by atoms with Crippen LogP contribution in [0.4, 0.5) is 0 Å². The molecule has 5 aliphatic rings. The van der Waals surface area contributed by atoms with E-state index in [4.69, 9.17) is 4.74 Å². The lowest BCUT2D eigenvalue weighted by Crippen LogP contribution is -2.58. The van der Waals surface area contributed by atoms with E-state index < -0.39 is 11.0 Å². The van der Waals surface area contributed by atoms with Gasteiger partial charge in [-0.15, -0.1) is 0 Å². The average molecular weight is 335 g/mol. The highest BCUT2D eigenvalue weighted by Gasteiger charge is 2.60. The fourth-order valence-electron chi connectivity index (χ4n) is 6.28. The number of carbonyl (C=O) groups excluding carboxylic acids is 2. The van der Waals surface area contributed by atoms with Crippen molar-refractivity contribution in [2.75, 3.05) is 13.2 Å². The first-order chi connectivity index (χ1) is 11.4. The van der Waals surface area contributed by atoms with E-state index in [1.54, 1.807) is 0 Å². The van der Waals surface area contributed by atoms with E-state index >= 15 is 0 Å². The molecule has 5 heteroatoms. The van der Waals surface area contributed by atoms with Gasteiger partial charge >= 0.3 is 5.97 Å². The van der Waals surface area contributed by atoms with Gasteiger partial charge in [0.2, 0.25) is 0 Å². The quantitative estimate of drug-likeness (QED) is 0.804. The van der Waals surface area contributed by atoms with Gasteiger partial charge in [-0.1, -0.05) is 0 Å². The summed E-state index contributed by atoms with van der Waals surface area (Å²) in [4.78, 5) is 27.1. The van der Waals surface area contributed by atoms with E-state index in [1.807, 2.05) is 4.90 Å². The van der Waals surface area contributed by atoms with Crippen LogP contribution in [0.25, 0.3) is 0 Å². The Labute approximate surface area is 143 Å². The van der Waals surface area contributed by atoms with E-state index in [1.165, 1.54) is 0 Å². The van der Waals surface area contributed by atoms with E-state index in [0.29, 0.717) is 18.3 Å². The minimum absolute atomic E-state index is 0.0704. The number of likely N-dealkylation sites (tertiary alicyclic amines) is 1. The van der Waals surface area contributed by atoms with E-state index in [-0.39, 0.29) is 24.5 Å². The van der Waals surface area contributed by atoms with Crippen molar-refractivity contribution in [3.05, 3.63) is 0 Å². The largest absolute Gasteiger partial charge is 0.455 e. The van der Waals surface area contributed by atoms with Crippen molar-refractivity contribution in [1.29, 1.82) is 0 Å². The summed E-state index contributed by atoms with van der Waals surface area (Å²) in [6, 6.07) is 0.241. The molecule has 1 N–H and O–H groups in total. The number of piperidine rings is 1. The van der Waals surface area contributed by atoms with Gasteiger partial charge in [0.05, 0.1) is 11.0 Å². The Balaban J connectivity index is 1.39. The summed E-state index contributed by atoms with van der Waals surface area (Å²) in [5.41, 5.74) is -1.21. The van der Waals surface area contributed by atoms with Crippen LogP contribution < -0.4 is 0 Å². The molecule has 0 radical (unpaired) electrons. The Hall–Kier alpha value is -1.10. The van der Waals surface area contributed by atoms with Crippen LogP contribution >= 0.6 is 0 Å². The molecule has 5 fully saturated rings. The number of esters is 1. The number of rotatable bonds is 3. The summed E-state index contributed by atoms with van der Waals surface area (Å²) >= 11 is 0. The van der Waals surface area contributed by atoms with Gasteiger partial charge < -0.3 is 14.7 Å². The molecule has 24 heavy (non-hydrogen) atoms. The monoisotopic (exact) mass is 335 g/mol. The number of carbonyl (C=O) groups is 2. The SMILES string of the molecule is CC1CCCCN1C(=O)COC(=O)C12CC3CC(CC(O)(C3)C1)C2. The third-order valence-corrected chi connectivity index (χ3v) is 6.91. The van der Waals surface area contributed by atoms with Crippen LogP contribution in [0, 0.1) is 17.3 Å². The van der Waals surface area contributed by atoms with E-state index in [2.05, 4.69) is 6.92 Å². The van der Waals surface area contributed by atoms with Crippen LogP contribution in [0.1, 0.15) is 64.7 Å². The molecule has 4 aliphatic carbocycles. The number of ether oxygens (including phenoxy) is 1. The fraction of sp³-hybridized carbons (Fsp3) is 0.895. The summed E-state index contributed by atoms with van der Waals surface area (Å²) < 4.78 is 5.49. The molecule has 1 saturated heterocycles. The van der Waals surface area contributed by atoms with Crippen molar-refractivity contribution in [3.63, 3.8) is 0 Å². The van der Waals surface area contributed by atoms with Gasteiger partial charge in [-0.2, -0.15) is 0 Å². The van der Waals surface area contributed by atoms with Crippen LogP contribution in [0.2, 0.25) is 0 Å². The van der Waals surface area contributed by atoms with Gasteiger partial charge in [-0.3, -0.25) is 9.59 Å². The van der Waals surface area contributed by atoms with Crippen LogP contribution in [-0.4, -0.2) is 46.7 Å². The fourth-order valence-corrected chi connectivity index (χ4v) is 6.28. The zero-order valence-corrected chi connectivity index (χ0v) is 14.6. The number of hydrogen-bond acceptors (Lipinski definition) is 4. The van der Waals surface area contributed by atoms with Crippen molar-refractivity contribution >= 4 is 11.9 Å². The van der Waals surface area contributed by atoms with Crippen molar-refractivity contribution < 1.29 is 19.4 Å². The standard InChI is InChI=1S/C19H29NO4/c1-13-4-2-3-5-20(13)16(21)11-24-17(22)18-7-14-6-15(8-18)10-19(23,9-14)12-18/h13-15,23H,2-12H2,1H3. The minimum Gasteiger partial charge on any atom is -0.455 e. The summed E-state index contributed by atoms with van der Waals surface area (Å²) in [7, 11) is 0. The van der Waals surface area contributed by atoms with E-state index in [9.17, 15) is 14.7 Å². The van der Waals surface area contributed by atoms with E-state index in [0.717, 1.165) is 57.9 Å². The third-order valence-electron chi connectivity index (χ3n) is 6.91. The maximum atomic E-state index is 12.8. The Morgan fingerprint density at radius 2 is 1.88 bits per heavy atom. The molecule has 0 spiro atoms. The van der Waals surface area contributed by atoms with Gasteiger partial charge in [0, 0.05) is 12.6 Å². The first-order valence-corrected chi connectivity index (χ1v) is 9.58. The maximum absolute atomic E-state index is 12.8. The molecule has 1 heterocycles. The zero-order chi connectivity index (χ0) is 16.9. The Kier molecular flexibility index (Phi) is 3.90. The summed E-state index contributed by atoms with van der Waals surface area (Å²) in [5.74, 6) is 0.579. The lowest BCUT2D eigenvalue weighted by Gasteiger charge is -2.58. The molecule has 1 aliphatic heterocycles. The molecule has 0 aromatic carbocycles. The summed E-state index contributed by atoms with van der Waals surface area (Å²) in [6.07, 6.45) is 8.23. The Bertz CT molecular complexity index is 531. The molecule has 4 saturated carbocycles. The zero-order valence-electron chi connectivity index (χ0n) is 14.6. The molecule has 0 aromatic rings. The van der Waals surface area contributed by atoms with Crippen molar-refractivity contribution in [2.45, 2.75) is 76.4 Å². The topological polar surface area (TPSA) is 66.8 Å². The smallest absolute Gasteiger partial charge is 0.312 e. The maximum Gasteiger partial charge on any atom is 0.312 e. The molecule has 5 nitrogen and oxygen atoms in total. The average Bonchev–Trinajstić information content (AvgIpc) is 2.50. The number of nitrogens with zero attached hydrogens (tertiary/aromatic N) is 1. The molecule has 4 bridgehead atoms.